The Kier molecular flexibility index (Phi) is 5.16. The maximum absolute atomic E-state index is 10.9. The molecule has 2 aromatic carbocycles. The number of hydrogen-bond acceptors (Lipinski definition) is 2. The van der Waals surface area contributed by atoms with Gasteiger partial charge >= 0.3 is 0 Å². The Morgan fingerprint density at radius 2 is 1.74 bits per heavy atom. The smallest absolute Gasteiger partial charge is 0.128 e. The number of halogens is 1. The molecule has 2 aromatic rings. The van der Waals surface area contributed by atoms with Crippen molar-refractivity contribution in [3.63, 3.8) is 0 Å². The maximum atomic E-state index is 10.9. The predicted molar refractivity (Wildman–Crippen MR) is 79.8 cm³/mol. The summed E-state index contributed by atoms with van der Waals surface area (Å²) in [6.07, 6.45) is 0.953. The summed E-state index contributed by atoms with van der Waals surface area (Å²) >= 11 is 3.33. The van der Waals surface area contributed by atoms with Crippen LogP contribution in [0.5, 0.6) is 5.75 Å². The van der Waals surface area contributed by atoms with Crippen molar-refractivity contribution in [2.45, 2.75) is 12.5 Å². The zero-order valence-corrected chi connectivity index (χ0v) is 12.0. The van der Waals surface area contributed by atoms with Crippen molar-refractivity contribution >= 4 is 22.2 Å². The lowest BCUT2D eigenvalue weighted by Crippen LogP contribution is -2.01. The topological polar surface area (TPSA) is 26.3 Å². The molecule has 3 heteroatoms. The molecule has 0 aromatic heterocycles. The van der Waals surface area contributed by atoms with Crippen LogP contribution in [-0.2, 0) is 11.4 Å². The van der Waals surface area contributed by atoms with Crippen LogP contribution >= 0.6 is 15.9 Å². The van der Waals surface area contributed by atoms with Crippen molar-refractivity contribution in [3.8, 4) is 5.75 Å². The molecule has 19 heavy (non-hydrogen) atoms. The number of rotatable bonds is 6. The van der Waals surface area contributed by atoms with Crippen LogP contribution in [0.15, 0.2) is 54.6 Å². The predicted octanol–water partition coefficient (Wildman–Crippen LogP) is 3.94. The second-order valence-electron chi connectivity index (χ2n) is 4.24. The van der Waals surface area contributed by atoms with Gasteiger partial charge in [0, 0.05) is 11.2 Å². The lowest BCUT2D eigenvalue weighted by Gasteiger charge is -2.09. The van der Waals surface area contributed by atoms with Gasteiger partial charge in [-0.1, -0.05) is 58.4 Å². The molecule has 0 aliphatic carbocycles. The molecule has 0 heterocycles. The molecular weight excluding hydrogens is 304 g/mol. The molecule has 98 valence electrons. The SMILES string of the molecule is O=CC(CBr)c1ccc(OCc2ccccc2)cc1. The highest BCUT2D eigenvalue weighted by Crippen LogP contribution is 2.20. The summed E-state index contributed by atoms with van der Waals surface area (Å²) in [5.74, 6) is 0.718. The summed E-state index contributed by atoms with van der Waals surface area (Å²) in [6.45, 7) is 0.551. The molecule has 2 nitrogen and oxygen atoms in total. The minimum atomic E-state index is -0.0943. The van der Waals surface area contributed by atoms with Crippen molar-refractivity contribution in [1.82, 2.24) is 0 Å². The fraction of sp³-hybridized carbons (Fsp3) is 0.188. The third kappa shape index (κ3) is 3.93. The highest BCUT2D eigenvalue weighted by atomic mass is 79.9. The second-order valence-corrected chi connectivity index (χ2v) is 4.89. The number of ether oxygens (including phenoxy) is 1. The van der Waals surface area contributed by atoms with E-state index in [0.717, 1.165) is 23.2 Å². The Labute approximate surface area is 121 Å². The molecule has 0 saturated carbocycles. The molecule has 0 saturated heterocycles. The molecule has 1 unspecified atom stereocenters. The molecule has 0 aliphatic heterocycles. The highest BCUT2D eigenvalue weighted by Gasteiger charge is 2.08. The number of carbonyl (C=O) groups is 1. The van der Waals surface area contributed by atoms with Gasteiger partial charge in [0.15, 0.2) is 0 Å². The van der Waals surface area contributed by atoms with Crippen LogP contribution in [0.25, 0.3) is 0 Å². The molecule has 0 aliphatic rings. The zero-order valence-electron chi connectivity index (χ0n) is 10.5. The Morgan fingerprint density at radius 3 is 2.32 bits per heavy atom. The van der Waals surface area contributed by atoms with Gasteiger partial charge in [-0.2, -0.15) is 0 Å². The summed E-state index contributed by atoms with van der Waals surface area (Å²) in [5, 5.41) is 0.640. The van der Waals surface area contributed by atoms with Crippen molar-refractivity contribution in [2.75, 3.05) is 5.33 Å². The van der Waals surface area contributed by atoms with E-state index in [9.17, 15) is 4.79 Å². The molecule has 0 spiro atoms. The molecule has 0 amide bonds. The van der Waals surface area contributed by atoms with Crippen molar-refractivity contribution < 1.29 is 9.53 Å². The summed E-state index contributed by atoms with van der Waals surface area (Å²) < 4.78 is 5.69. The van der Waals surface area contributed by atoms with E-state index in [0.29, 0.717) is 11.9 Å². The molecule has 0 N–H and O–H groups in total. The van der Waals surface area contributed by atoms with E-state index < -0.39 is 0 Å². The number of aldehydes is 1. The highest BCUT2D eigenvalue weighted by molar-refractivity contribution is 9.09. The number of alkyl halides is 1. The third-order valence-electron chi connectivity index (χ3n) is 2.89. The fourth-order valence-corrected chi connectivity index (χ4v) is 2.28. The molecular formula is C16H15BrO2. The van der Waals surface area contributed by atoms with E-state index in [1.807, 2.05) is 54.6 Å². The van der Waals surface area contributed by atoms with Gasteiger partial charge in [-0.05, 0) is 23.3 Å². The second kappa shape index (κ2) is 7.10. The van der Waals surface area contributed by atoms with Gasteiger partial charge in [-0.15, -0.1) is 0 Å². The maximum Gasteiger partial charge on any atom is 0.128 e. The Hall–Kier alpha value is -1.61. The molecule has 0 radical (unpaired) electrons. The van der Waals surface area contributed by atoms with Gasteiger partial charge in [0.2, 0.25) is 0 Å². The van der Waals surface area contributed by atoms with E-state index in [1.54, 1.807) is 0 Å². The van der Waals surface area contributed by atoms with Gasteiger partial charge < -0.3 is 9.53 Å². The summed E-state index contributed by atoms with van der Waals surface area (Å²) in [7, 11) is 0. The van der Waals surface area contributed by atoms with E-state index in [-0.39, 0.29) is 5.92 Å². The number of benzene rings is 2. The van der Waals surface area contributed by atoms with Gasteiger partial charge in [-0.3, -0.25) is 0 Å². The minimum Gasteiger partial charge on any atom is -0.489 e. The van der Waals surface area contributed by atoms with E-state index in [1.165, 1.54) is 0 Å². The molecule has 1 atom stereocenters. The van der Waals surface area contributed by atoms with Gasteiger partial charge in [0.1, 0.15) is 18.6 Å². The first-order valence-corrected chi connectivity index (χ1v) is 7.23. The zero-order chi connectivity index (χ0) is 13.5. The summed E-state index contributed by atoms with van der Waals surface area (Å²) in [5.41, 5.74) is 2.14. The van der Waals surface area contributed by atoms with Crippen LogP contribution in [0.3, 0.4) is 0 Å². The minimum absolute atomic E-state index is 0.0943. The quantitative estimate of drug-likeness (QED) is 0.595. The molecule has 0 bridgehead atoms. The standard InChI is InChI=1S/C16H15BrO2/c17-10-15(11-18)14-6-8-16(9-7-14)19-12-13-4-2-1-3-5-13/h1-9,11,15H,10,12H2. The first-order chi connectivity index (χ1) is 9.33. The van der Waals surface area contributed by atoms with E-state index in [2.05, 4.69) is 15.9 Å². The number of hydrogen-bond donors (Lipinski definition) is 0. The van der Waals surface area contributed by atoms with Crippen molar-refractivity contribution in [2.24, 2.45) is 0 Å². The third-order valence-corrected chi connectivity index (χ3v) is 3.58. The lowest BCUT2D eigenvalue weighted by molar-refractivity contribution is -0.108. The summed E-state index contributed by atoms with van der Waals surface area (Å²) in [6, 6.07) is 17.7. The lowest BCUT2D eigenvalue weighted by atomic mass is 10.0. The van der Waals surface area contributed by atoms with Crippen LogP contribution < -0.4 is 4.74 Å². The van der Waals surface area contributed by atoms with E-state index in [4.69, 9.17) is 4.74 Å². The van der Waals surface area contributed by atoms with Gasteiger partial charge in [0.05, 0.1) is 0 Å². The average Bonchev–Trinajstić information content (AvgIpc) is 2.49. The average molecular weight is 319 g/mol. The molecule has 2 rings (SSSR count). The van der Waals surface area contributed by atoms with Crippen LogP contribution in [0.1, 0.15) is 17.0 Å². The van der Waals surface area contributed by atoms with Crippen LogP contribution in [0.4, 0.5) is 0 Å². The van der Waals surface area contributed by atoms with Crippen LogP contribution in [-0.4, -0.2) is 11.6 Å². The first kappa shape index (κ1) is 13.8. The largest absolute Gasteiger partial charge is 0.489 e. The van der Waals surface area contributed by atoms with E-state index >= 15 is 0 Å². The van der Waals surface area contributed by atoms with Crippen LogP contribution in [0.2, 0.25) is 0 Å². The Balaban J connectivity index is 1.97. The van der Waals surface area contributed by atoms with Crippen molar-refractivity contribution in [3.05, 3.63) is 65.7 Å². The normalized spacial score (nSPS) is 11.8. The van der Waals surface area contributed by atoms with Gasteiger partial charge in [-0.25, -0.2) is 0 Å². The van der Waals surface area contributed by atoms with Crippen LogP contribution in [0, 0.1) is 0 Å². The first-order valence-electron chi connectivity index (χ1n) is 6.11. The van der Waals surface area contributed by atoms with Gasteiger partial charge in [0.25, 0.3) is 0 Å². The Morgan fingerprint density at radius 1 is 1.05 bits per heavy atom. The number of carbonyl (C=O) groups excluding carboxylic acids is 1. The van der Waals surface area contributed by atoms with Crippen molar-refractivity contribution in [1.29, 1.82) is 0 Å². The monoisotopic (exact) mass is 318 g/mol. The molecule has 0 fully saturated rings. The summed E-state index contributed by atoms with van der Waals surface area (Å²) in [4.78, 5) is 10.9. The fourth-order valence-electron chi connectivity index (χ4n) is 1.76. The Bertz CT molecular complexity index is 508.